The van der Waals surface area contributed by atoms with Crippen molar-refractivity contribution in [1.29, 1.82) is 0 Å². The molecule has 2 saturated carbocycles. The van der Waals surface area contributed by atoms with E-state index in [9.17, 15) is 9.90 Å². The molecule has 0 bridgehead atoms. The molecule has 3 aliphatic rings. The van der Waals surface area contributed by atoms with Crippen LogP contribution < -0.4 is 10.6 Å². The van der Waals surface area contributed by atoms with Crippen molar-refractivity contribution in [2.75, 3.05) is 39.4 Å². The van der Waals surface area contributed by atoms with Crippen molar-refractivity contribution < 1.29 is 14.6 Å². The molecule has 1 saturated heterocycles. The lowest BCUT2D eigenvalue weighted by Gasteiger charge is -2.21. The van der Waals surface area contributed by atoms with Gasteiger partial charge in [0.15, 0.2) is 5.96 Å². The molecule has 2 aliphatic carbocycles. The zero-order valence-corrected chi connectivity index (χ0v) is 19.4. The third-order valence-electron chi connectivity index (χ3n) is 5.71. The van der Waals surface area contributed by atoms with E-state index in [4.69, 9.17) is 4.74 Å². The molecule has 1 aliphatic heterocycles. The summed E-state index contributed by atoms with van der Waals surface area (Å²) in [5.74, 6) is 1.99. The van der Waals surface area contributed by atoms with Crippen LogP contribution in [0.25, 0.3) is 0 Å². The van der Waals surface area contributed by atoms with Gasteiger partial charge in [0, 0.05) is 38.2 Å². The van der Waals surface area contributed by atoms with Gasteiger partial charge in [-0.05, 0) is 44.9 Å². The first-order valence-electron chi connectivity index (χ1n) is 10.7. The van der Waals surface area contributed by atoms with Gasteiger partial charge in [0.05, 0.1) is 19.3 Å². The predicted octanol–water partition coefficient (Wildman–Crippen LogP) is 1.74. The van der Waals surface area contributed by atoms with Gasteiger partial charge in [-0.25, -0.2) is 0 Å². The number of likely N-dealkylation sites (tertiary alicyclic amines) is 1. The molecule has 1 heterocycles. The molecule has 1 amide bonds. The van der Waals surface area contributed by atoms with Crippen LogP contribution in [0.15, 0.2) is 4.99 Å². The maximum atomic E-state index is 12.6. The number of halogens is 1. The molecule has 2 unspecified atom stereocenters. The van der Waals surface area contributed by atoms with E-state index in [1.54, 1.807) is 0 Å². The smallest absolute Gasteiger partial charge is 0.225 e. The Kier molecular flexibility index (Phi) is 10.3. The average Bonchev–Trinajstić information content (AvgIpc) is 3.12. The summed E-state index contributed by atoms with van der Waals surface area (Å²) in [5.41, 5.74) is 0. The zero-order valence-electron chi connectivity index (χ0n) is 17.1. The van der Waals surface area contributed by atoms with Crippen molar-refractivity contribution in [2.45, 2.75) is 64.0 Å². The van der Waals surface area contributed by atoms with Crippen LogP contribution in [-0.2, 0) is 9.53 Å². The van der Waals surface area contributed by atoms with E-state index in [2.05, 4.69) is 15.6 Å². The lowest BCUT2D eigenvalue weighted by Crippen LogP contribution is -2.45. The Labute approximate surface area is 186 Å². The monoisotopic (exact) mass is 508 g/mol. The average molecular weight is 508 g/mol. The number of nitrogens with one attached hydrogen (secondary N) is 2. The van der Waals surface area contributed by atoms with E-state index in [-0.39, 0.29) is 35.9 Å². The second-order valence-electron chi connectivity index (χ2n) is 8.25. The molecular formula is C20H37IN4O3. The summed E-state index contributed by atoms with van der Waals surface area (Å²) in [6, 6.07) is 0.219. The summed E-state index contributed by atoms with van der Waals surface area (Å²) < 4.78 is 5.53. The van der Waals surface area contributed by atoms with Crippen molar-refractivity contribution in [3.63, 3.8) is 0 Å². The Morgan fingerprint density at radius 3 is 2.68 bits per heavy atom. The highest BCUT2D eigenvalue weighted by Crippen LogP contribution is 2.29. The lowest BCUT2D eigenvalue weighted by atomic mass is 10.1. The minimum atomic E-state index is -0.580. The van der Waals surface area contributed by atoms with Crippen LogP contribution in [0, 0.1) is 11.8 Å². The SMILES string of the molecule is CCNC(=NCC(O)COCC1CC1)NC1CCN(C(=O)C2CCCC2)C1.I. The van der Waals surface area contributed by atoms with Crippen molar-refractivity contribution in [2.24, 2.45) is 16.8 Å². The first kappa shape index (κ1) is 23.7. The third kappa shape index (κ3) is 7.67. The fraction of sp³-hybridized carbons (Fsp3) is 0.900. The highest BCUT2D eigenvalue weighted by atomic mass is 127. The Morgan fingerprint density at radius 2 is 2.00 bits per heavy atom. The zero-order chi connectivity index (χ0) is 19.1. The van der Waals surface area contributed by atoms with Crippen LogP contribution >= 0.6 is 24.0 Å². The van der Waals surface area contributed by atoms with Gasteiger partial charge < -0.3 is 25.4 Å². The Hall–Kier alpha value is -0.610. The lowest BCUT2D eigenvalue weighted by molar-refractivity contribution is -0.134. The topological polar surface area (TPSA) is 86.2 Å². The van der Waals surface area contributed by atoms with Crippen LogP contribution in [-0.4, -0.2) is 73.4 Å². The van der Waals surface area contributed by atoms with E-state index < -0.39 is 6.10 Å². The van der Waals surface area contributed by atoms with Gasteiger partial charge in [-0.3, -0.25) is 9.79 Å². The van der Waals surface area contributed by atoms with Gasteiger partial charge in [0.25, 0.3) is 0 Å². The molecule has 162 valence electrons. The Morgan fingerprint density at radius 1 is 1.25 bits per heavy atom. The molecule has 0 radical (unpaired) electrons. The number of aliphatic hydroxyl groups is 1. The minimum Gasteiger partial charge on any atom is -0.389 e. The van der Waals surface area contributed by atoms with Gasteiger partial charge in [-0.1, -0.05) is 12.8 Å². The fourth-order valence-electron chi connectivity index (χ4n) is 3.93. The Bertz CT molecular complexity index is 510. The van der Waals surface area contributed by atoms with Gasteiger partial charge >= 0.3 is 0 Å². The largest absolute Gasteiger partial charge is 0.389 e. The van der Waals surface area contributed by atoms with Gasteiger partial charge in [0.2, 0.25) is 5.91 Å². The first-order chi connectivity index (χ1) is 13.2. The van der Waals surface area contributed by atoms with E-state index in [0.29, 0.717) is 30.9 Å². The summed E-state index contributed by atoms with van der Waals surface area (Å²) in [4.78, 5) is 19.1. The molecule has 3 fully saturated rings. The van der Waals surface area contributed by atoms with Crippen molar-refractivity contribution in [3.05, 3.63) is 0 Å². The van der Waals surface area contributed by atoms with E-state index in [0.717, 1.165) is 45.5 Å². The minimum absolute atomic E-state index is 0. The molecule has 2 atom stereocenters. The summed E-state index contributed by atoms with van der Waals surface area (Å²) in [6.07, 6.45) is 7.36. The number of nitrogens with zero attached hydrogens (tertiary/aromatic N) is 2. The molecule has 3 N–H and O–H groups in total. The number of guanidine groups is 1. The second-order valence-corrected chi connectivity index (χ2v) is 8.25. The van der Waals surface area contributed by atoms with Crippen molar-refractivity contribution >= 4 is 35.8 Å². The number of hydrogen-bond donors (Lipinski definition) is 3. The van der Waals surface area contributed by atoms with Crippen LogP contribution in [0.1, 0.15) is 51.9 Å². The maximum absolute atomic E-state index is 12.6. The molecule has 3 rings (SSSR count). The normalized spacial score (nSPS) is 24.1. The highest BCUT2D eigenvalue weighted by Gasteiger charge is 2.32. The van der Waals surface area contributed by atoms with Gasteiger partial charge in [-0.2, -0.15) is 0 Å². The van der Waals surface area contributed by atoms with Gasteiger partial charge in [0.1, 0.15) is 0 Å². The highest BCUT2D eigenvalue weighted by molar-refractivity contribution is 14.0. The molecule has 0 spiro atoms. The number of rotatable bonds is 9. The Balaban J connectivity index is 0.00000280. The van der Waals surface area contributed by atoms with E-state index in [1.807, 2.05) is 11.8 Å². The van der Waals surface area contributed by atoms with Gasteiger partial charge in [-0.15, -0.1) is 24.0 Å². The maximum Gasteiger partial charge on any atom is 0.225 e. The summed E-state index contributed by atoms with van der Waals surface area (Å²) in [6.45, 7) is 5.77. The van der Waals surface area contributed by atoms with Crippen LogP contribution in [0.4, 0.5) is 0 Å². The fourth-order valence-corrected chi connectivity index (χ4v) is 3.93. The summed E-state index contributed by atoms with van der Waals surface area (Å²) in [7, 11) is 0. The number of carbonyl (C=O) groups excluding carboxylic acids is 1. The quantitative estimate of drug-likeness (QED) is 0.251. The molecule has 0 aromatic heterocycles. The van der Waals surface area contributed by atoms with E-state index in [1.165, 1.54) is 25.7 Å². The van der Waals surface area contributed by atoms with E-state index >= 15 is 0 Å². The molecule has 8 heteroatoms. The number of aliphatic hydroxyl groups excluding tert-OH is 1. The molecule has 0 aromatic carbocycles. The van der Waals surface area contributed by atoms with Crippen LogP contribution in [0.5, 0.6) is 0 Å². The predicted molar refractivity (Wildman–Crippen MR) is 121 cm³/mol. The molecule has 0 aromatic rings. The standard InChI is InChI=1S/C20H36N4O3.HI/c1-2-21-20(22-11-18(25)14-27-13-15-7-8-15)23-17-9-10-24(12-17)19(26)16-5-3-4-6-16;/h15-18,25H,2-14H2,1H3,(H2,21,22,23);1H. The first-order valence-corrected chi connectivity index (χ1v) is 10.7. The van der Waals surface area contributed by atoms with Crippen LogP contribution in [0.2, 0.25) is 0 Å². The number of carbonyl (C=O) groups is 1. The second kappa shape index (κ2) is 12.2. The van der Waals surface area contributed by atoms with Crippen LogP contribution in [0.3, 0.4) is 0 Å². The van der Waals surface area contributed by atoms with Crippen molar-refractivity contribution in [3.8, 4) is 0 Å². The third-order valence-corrected chi connectivity index (χ3v) is 5.71. The summed E-state index contributed by atoms with van der Waals surface area (Å²) >= 11 is 0. The molecular weight excluding hydrogens is 471 g/mol. The molecule has 7 nitrogen and oxygen atoms in total. The summed E-state index contributed by atoms with van der Waals surface area (Å²) in [5, 5.41) is 16.7. The number of amides is 1. The molecule has 28 heavy (non-hydrogen) atoms. The number of hydrogen-bond acceptors (Lipinski definition) is 4. The number of aliphatic imine (C=N–C) groups is 1. The number of ether oxygens (including phenoxy) is 1. The van der Waals surface area contributed by atoms with Crippen molar-refractivity contribution in [1.82, 2.24) is 15.5 Å².